The van der Waals surface area contributed by atoms with Gasteiger partial charge in [-0.25, -0.2) is 0 Å². The first-order valence-corrected chi connectivity index (χ1v) is 16.6. The fraction of sp³-hybridized carbons (Fsp3) is 0.657. The van der Waals surface area contributed by atoms with E-state index >= 15 is 0 Å². The summed E-state index contributed by atoms with van der Waals surface area (Å²) >= 11 is 0. The number of hydrogen-bond acceptors (Lipinski definition) is 6. The van der Waals surface area contributed by atoms with Crippen LogP contribution in [-0.2, 0) is 34.9 Å². The molecule has 3 aliphatic carbocycles. The van der Waals surface area contributed by atoms with Gasteiger partial charge in [0.05, 0.1) is 17.6 Å². The molecule has 4 fully saturated rings. The molecule has 2 aliphatic heterocycles. The SMILES string of the molecule is CC(C)C[C@H](NC(=O)[C@@H](CC(=O)CCCCCN1C(=O)C=CC1=O)Cc1ccccc1)B1O[C@@H]2C[C@@H]3C[C@@H](C3(C)C)[C@]2(C)O1. The molecule has 1 saturated heterocycles. The molecule has 1 N–H and O–H groups in total. The Kier molecular flexibility index (Phi) is 9.86. The summed E-state index contributed by atoms with van der Waals surface area (Å²) in [5.41, 5.74) is 0.902. The summed E-state index contributed by atoms with van der Waals surface area (Å²) < 4.78 is 13.3. The molecule has 3 amide bonds. The van der Waals surface area contributed by atoms with Crippen molar-refractivity contribution in [1.29, 1.82) is 0 Å². The maximum Gasteiger partial charge on any atom is 0.481 e. The van der Waals surface area contributed by atoms with E-state index in [0.717, 1.165) is 24.8 Å². The standard InChI is InChI=1S/C35H49BN2O6/c1-23(2)18-30(36-43-29-22-26-21-28(34(26,3)4)35(29,5)44-36)37-33(42)25(19-24-12-8-6-9-13-24)20-27(39)14-10-7-11-17-38-31(40)15-16-32(38)41/h6,8-9,12-13,15-16,23,25-26,28-30H,7,10-11,14,17-22H2,1-5H3,(H,37,42)/t25-,26+,28+,29-,30+,35+/m1/s1. The number of carbonyl (C=O) groups is 4. The number of carbonyl (C=O) groups excluding carboxylic acids is 4. The Morgan fingerprint density at radius 2 is 1.73 bits per heavy atom. The lowest BCUT2D eigenvalue weighted by molar-refractivity contribution is -0.199. The second-order valence-electron chi connectivity index (χ2n) is 14.7. The highest BCUT2D eigenvalue weighted by Gasteiger charge is 2.68. The van der Waals surface area contributed by atoms with E-state index in [4.69, 9.17) is 9.31 Å². The van der Waals surface area contributed by atoms with Crippen LogP contribution in [0, 0.1) is 29.1 Å². The van der Waals surface area contributed by atoms with Gasteiger partial charge in [-0.3, -0.25) is 24.1 Å². The van der Waals surface area contributed by atoms with Crippen molar-refractivity contribution in [3.63, 3.8) is 0 Å². The van der Waals surface area contributed by atoms with Crippen molar-refractivity contribution in [2.45, 2.75) is 110 Å². The predicted octanol–water partition coefficient (Wildman–Crippen LogP) is 5.09. The number of nitrogens with one attached hydrogen (secondary N) is 1. The van der Waals surface area contributed by atoms with Gasteiger partial charge in [0.2, 0.25) is 5.91 Å². The Morgan fingerprint density at radius 1 is 1.02 bits per heavy atom. The molecule has 9 heteroatoms. The van der Waals surface area contributed by atoms with Crippen LogP contribution in [0.1, 0.15) is 91.5 Å². The minimum absolute atomic E-state index is 0.0375. The van der Waals surface area contributed by atoms with Crippen LogP contribution in [0.2, 0.25) is 0 Å². The van der Waals surface area contributed by atoms with Crippen LogP contribution in [0.25, 0.3) is 0 Å². The van der Waals surface area contributed by atoms with Crippen LogP contribution >= 0.6 is 0 Å². The molecule has 5 aliphatic rings. The van der Waals surface area contributed by atoms with Crippen molar-refractivity contribution in [2.75, 3.05) is 6.54 Å². The van der Waals surface area contributed by atoms with Crippen LogP contribution in [-0.4, -0.2) is 59.7 Å². The summed E-state index contributed by atoms with van der Waals surface area (Å²) in [6.07, 6.45) is 8.53. The van der Waals surface area contributed by atoms with Crippen LogP contribution in [0.5, 0.6) is 0 Å². The number of hydrogen-bond donors (Lipinski definition) is 1. The normalized spacial score (nSPS) is 28.2. The summed E-state index contributed by atoms with van der Waals surface area (Å²) in [7, 11) is -0.510. The summed E-state index contributed by atoms with van der Waals surface area (Å²) in [5, 5.41) is 3.29. The third-order valence-electron chi connectivity index (χ3n) is 10.8. The van der Waals surface area contributed by atoms with Gasteiger partial charge < -0.3 is 14.6 Å². The van der Waals surface area contributed by atoms with E-state index in [-0.39, 0.29) is 53.0 Å². The lowest BCUT2D eigenvalue weighted by Gasteiger charge is -2.64. The third kappa shape index (κ3) is 6.89. The van der Waals surface area contributed by atoms with Crippen molar-refractivity contribution in [2.24, 2.45) is 29.1 Å². The van der Waals surface area contributed by atoms with E-state index in [1.165, 1.54) is 23.5 Å². The van der Waals surface area contributed by atoms with Gasteiger partial charge in [0.15, 0.2) is 0 Å². The molecule has 0 radical (unpaired) electrons. The topological polar surface area (TPSA) is 102 Å². The lowest BCUT2D eigenvalue weighted by atomic mass is 9.43. The number of nitrogens with zero attached hydrogens (tertiary/aromatic N) is 1. The first-order chi connectivity index (χ1) is 20.9. The van der Waals surface area contributed by atoms with E-state index in [9.17, 15) is 19.2 Å². The minimum atomic E-state index is -0.510. The molecule has 1 aromatic carbocycles. The maximum atomic E-state index is 13.9. The highest BCUT2D eigenvalue weighted by Crippen LogP contribution is 2.65. The van der Waals surface area contributed by atoms with Gasteiger partial charge in [-0.2, -0.15) is 0 Å². The first-order valence-electron chi connectivity index (χ1n) is 16.6. The Labute approximate surface area is 262 Å². The zero-order valence-corrected chi connectivity index (χ0v) is 27.1. The molecule has 0 aromatic heterocycles. The zero-order valence-electron chi connectivity index (χ0n) is 27.1. The van der Waals surface area contributed by atoms with Crippen molar-refractivity contribution >= 4 is 30.6 Å². The molecule has 3 saturated carbocycles. The lowest BCUT2D eigenvalue weighted by Crippen LogP contribution is -2.65. The Bertz CT molecular complexity index is 1250. The second-order valence-corrected chi connectivity index (χ2v) is 14.7. The summed E-state index contributed by atoms with van der Waals surface area (Å²) in [6.45, 7) is 11.5. The summed E-state index contributed by atoms with van der Waals surface area (Å²) in [5.74, 6) is -0.0412. The smallest absolute Gasteiger partial charge is 0.404 e. The Morgan fingerprint density at radius 3 is 2.39 bits per heavy atom. The zero-order chi connectivity index (χ0) is 31.6. The minimum Gasteiger partial charge on any atom is -0.404 e. The van der Waals surface area contributed by atoms with E-state index in [0.29, 0.717) is 50.0 Å². The monoisotopic (exact) mass is 604 g/mol. The molecule has 238 valence electrons. The Hall–Kier alpha value is -2.78. The van der Waals surface area contributed by atoms with Crippen LogP contribution in [0.4, 0.5) is 0 Å². The quantitative estimate of drug-likeness (QED) is 0.170. The summed E-state index contributed by atoms with van der Waals surface area (Å²) in [4.78, 5) is 51.8. The number of rotatable bonds is 15. The molecular formula is C35H49BN2O6. The van der Waals surface area contributed by atoms with E-state index in [1.807, 2.05) is 30.3 Å². The molecule has 0 unspecified atom stereocenters. The number of unbranched alkanes of at least 4 members (excludes halogenated alkanes) is 2. The molecule has 6 atom stereocenters. The van der Waals surface area contributed by atoms with Crippen LogP contribution < -0.4 is 5.32 Å². The van der Waals surface area contributed by atoms with Crippen LogP contribution in [0.3, 0.4) is 0 Å². The first kappa shape index (κ1) is 32.6. The van der Waals surface area contributed by atoms with Gasteiger partial charge in [0.1, 0.15) is 5.78 Å². The molecule has 2 heterocycles. The van der Waals surface area contributed by atoms with E-state index in [1.54, 1.807) is 0 Å². The molecular weight excluding hydrogens is 555 g/mol. The van der Waals surface area contributed by atoms with Crippen molar-refractivity contribution in [3.8, 4) is 0 Å². The van der Waals surface area contributed by atoms with Crippen molar-refractivity contribution in [3.05, 3.63) is 48.0 Å². The second kappa shape index (κ2) is 13.3. The van der Waals surface area contributed by atoms with Gasteiger partial charge in [0, 0.05) is 37.5 Å². The number of amides is 3. The fourth-order valence-corrected chi connectivity index (χ4v) is 8.07. The predicted molar refractivity (Wildman–Crippen MR) is 169 cm³/mol. The molecule has 2 bridgehead atoms. The van der Waals surface area contributed by atoms with Crippen LogP contribution in [0.15, 0.2) is 42.5 Å². The number of ketones is 1. The average Bonchev–Trinajstić information content (AvgIpc) is 3.50. The average molecular weight is 605 g/mol. The van der Waals surface area contributed by atoms with E-state index < -0.39 is 13.0 Å². The van der Waals surface area contributed by atoms with Gasteiger partial charge in [-0.05, 0) is 74.2 Å². The van der Waals surface area contributed by atoms with Crippen molar-refractivity contribution in [1.82, 2.24) is 10.2 Å². The highest BCUT2D eigenvalue weighted by molar-refractivity contribution is 6.47. The molecule has 44 heavy (non-hydrogen) atoms. The number of Topliss-reactive ketones (excluding diaryl/α,β-unsaturated/α-hetero) is 1. The largest absolute Gasteiger partial charge is 0.481 e. The maximum absolute atomic E-state index is 13.9. The Balaban J connectivity index is 1.19. The molecule has 6 rings (SSSR count). The molecule has 1 aromatic rings. The fourth-order valence-electron chi connectivity index (χ4n) is 8.07. The van der Waals surface area contributed by atoms with E-state index in [2.05, 4.69) is 39.9 Å². The van der Waals surface area contributed by atoms with Gasteiger partial charge >= 0.3 is 7.12 Å². The highest BCUT2D eigenvalue weighted by atomic mass is 16.7. The number of imide groups is 1. The third-order valence-corrected chi connectivity index (χ3v) is 10.8. The summed E-state index contributed by atoms with van der Waals surface area (Å²) in [6, 6.07) is 9.84. The van der Waals surface area contributed by atoms with Crippen molar-refractivity contribution < 1.29 is 28.5 Å². The number of benzene rings is 1. The molecule has 0 spiro atoms. The van der Waals surface area contributed by atoms with Gasteiger partial charge in [-0.15, -0.1) is 0 Å². The molecule has 8 nitrogen and oxygen atoms in total. The van der Waals surface area contributed by atoms with Gasteiger partial charge in [-0.1, -0.05) is 64.4 Å². The van der Waals surface area contributed by atoms with Gasteiger partial charge in [0.25, 0.3) is 11.8 Å².